The number of rotatable bonds is 6. The summed E-state index contributed by atoms with van der Waals surface area (Å²) < 4.78 is 15.3. The van der Waals surface area contributed by atoms with Gasteiger partial charge in [-0.2, -0.15) is 0 Å². The van der Waals surface area contributed by atoms with Crippen LogP contribution in [0.5, 0.6) is 5.75 Å². The molecule has 0 radical (unpaired) electrons. The predicted octanol–water partition coefficient (Wildman–Crippen LogP) is 3.70. The highest BCUT2D eigenvalue weighted by atomic mass is 35.5. The van der Waals surface area contributed by atoms with Crippen LogP contribution in [0.1, 0.15) is 20.7 Å². The molecule has 2 aromatic carbocycles. The Morgan fingerprint density at radius 1 is 1.07 bits per heavy atom. The van der Waals surface area contributed by atoms with Crippen LogP contribution in [-0.4, -0.2) is 32.1 Å². The standard InChI is InChI=1S/C20H15Cl2NO6/c1-27-7-6-23-18(24)14-8-11-2-4-13(10-17(11)29-20(14)26)28-19(25)12-3-5-15(21)16(22)9-12/h2-5,8-10H,6-7H2,1H3,(H,23,24). The zero-order chi connectivity index (χ0) is 21.0. The highest BCUT2D eigenvalue weighted by molar-refractivity contribution is 6.42. The zero-order valence-corrected chi connectivity index (χ0v) is 16.7. The highest BCUT2D eigenvalue weighted by Gasteiger charge is 2.15. The highest BCUT2D eigenvalue weighted by Crippen LogP contribution is 2.25. The normalized spacial score (nSPS) is 10.7. The number of hydrogen-bond acceptors (Lipinski definition) is 6. The third-order valence-corrected chi connectivity index (χ3v) is 4.65. The Kier molecular flexibility index (Phi) is 6.53. The summed E-state index contributed by atoms with van der Waals surface area (Å²) in [5.41, 5.74) is -0.554. The molecule has 1 N–H and O–H groups in total. The Morgan fingerprint density at radius 3 is 2.59 bits per heavy atom. The maximum atomic E-state index is 12.3. The van der Waals surface area contributed by atoms with E-state index in [0.717, 1.165) is 0 Å². The van der Waals surface area contributed by atoms with E-state index < -0.39 is 17.5 Å². The molecule has 9 heteroatoms. The van der Waals surface area contributed by atoms with Gasteiger partial charge in [-0.25, -0.2) is 9.59 Å². The van der Waals surface area contributed by atoms with Gasteiger partial charge < -0.3 is 19.2 Å². The van der Waals surface area contributed by atoms with Crippen molar-refractivity contribution in [3.05, 3.63) is 74.1 Å². The van der Waals surface area contributed by atoms with E-state index in [4.69, 9.17) is 37.1 Å². The predicted molar refractivity (Wildman–Crippen MR) is 108 cm³/mol. The molecule has 0 aliphatic heterocycles. The van der Waals surface area contributed by atoms with E-state index in [9.17, 15) is 14.4 Å². The number of nitrogens with one attached hydrogen (secondary N) is 1. The SMILES string of the molecule is COCCNC(=O)c1cc2ccc(OC(=O)c3ccc(Cl)c(Cl)c3)cc2oc1=O. The van der Waals surface area contributed by atoms with E-state index in [1.165, 1.54) is 43.5 Å². The molecule has 0 saturated carbocycles. The molecule has 150 valence electrons. The molecule has 0 fully saturated rings. The van der Waals surface area contributed by atoms with Crippen LogP contribution in [0.2, 0.25) is 10.0 Å². The molecule has 0 aliphatic carbocycles. The van der Waals surface area contributed by atoms with Crippen molar-refractivity contribution in [3.8, 4) is 5.75 Å². The molecule has 29 heavy (non-hydrogen) atoms. The molecule has 0 bridgehead atoms. The third kappa shape index (κ3) is 4.95. The van der Waals surface area contributed by atoms with Crippen LogP contribution in [0.3, 0.4) is 0 Å². The second-order valence-electron chi connectivity index (χ2n) is 5.91. The Morgan fingerprint density at radius 2 is 1.86 bits per heavy atom. The minimum atomic E-state index is -0.805. The molecular formula is C20H15Cl2NO6. The number of amides is 1. The fourth-order valence-electron chi connectivity index (χ4n) is 2.46. The van der Waals surface area contributed by atoms with E-state index in [1.807, 2.05) is 0 Å². The number of carbonyl (C=O) groups excluding carboxylic acids is 2. The van der Waals surface area contributed by atoms with Crippen LogP contribution < -0.4 is 15.7 Å². The summed E-state index contributed by atoms with van der Waals surface area (Å²) in [6.07, 6.45) is 0. The minimum absolute atomic E-state index is 0.130. The second kappa shape index (κ2) is 9.09. The van der Waals surface area contributed by atoms with Crippen molar-refractivity contribution >= 4 is 46.0 Å². The van der Waals surface area contributed by atoms with E-state index >= 15 is 0 Å². The van der Waals surface area contributed by atoms with Crippen molar-refractivity contribution in [2.45, 2.75) is 0 Å². The molecule has 0 unspecified atom stereocenters. The summed E-state index contributed by atoms with van der Waals surface area (Å²) in [6.45, 7) is 0.578. The molecule has 1 heterocycles. The number of fused-ring (bicyclic) bond motifs is 1. The minimum Gasteiger partial charge on any atom is -0.423 e. The van der Waals surface area contributed by atoms with Gasteiger partial charge in [0.1, 0.15) is 16.9 Å². The van der Waals surface area contributed by atoms with Crippen LogP contribution in [0.4, 0.5) is 0 Å². The van der Waals surface area contributed by atoms with Gasteiger partial charge in [-0.05, 0) is 36.4 Å². The Bertz CT molecular complexity index is 1140. The number of carbonyl (C=O) groups is 2. The summed E-state index contributed by atoms with van der Waals surface area (Å²) in [5.74, 6) is -1.05. The third-order valence-electron chi connectivity index (χ3n) is 3.91. The van der Waals surface area contributed by atoms with E-state index in [2.05, 4.69) is 5.32 Å². The summed E-state index contributed by atoms with van der Waals surface area (Å²) in [7, 11) is 1.50. The quantitative estimate of drug-likeness (QED) is 0.274. The molecule has 7 nitrogen and oxygen atoms in total. The molecular weight excluding hydrogens is 421 g/mol. The zero-order valence-electron chi connectivity index (χ0n) is 15.2. The van der Waals surface area contributed by atoms with Crippen LogP contribution in [0, 0.1) is 0 Å². The summed E-state index contributed by atoms with van der Waals surface area (Å²) in [4.78, 5) is 36.5. The Labute approximate surface area is 175 Å². The lowest BCUT2D eigenvalue weighted by molar-refractivity contribution is 0.0734. The maximum absolute atomic E-state index is 12.3. The molecule has 0 spiro atoms. The topological polar surface area (TPSA) is 94.8 Å². The van der Waals surface area contributed by atoms with Gasteiger partial charge in [0.05, 0.1) is 22.2 Å². The number of benzene rings is 2. The van der Waals surface area contributed by atoms with Crippen LogP contribution in [0.25, 0.3) is 11.0 Å². The van der Waals surface area contributed by atoms with E-state index in [0.29, 0.717) is 17.0 Å². The van der Waals surface area contributed by atoms with Gasteiger partial charge in [-0.3, -0.25) is 4.79 Å². The van der Waals surface area contributed by atoms with Crippen molar-refractivity contribution in [1.82, 2.24) is 5.32 Å². The first-order valence-electron chi connectivity index (χ1n) is 8.41. The maximum Gasteiger partial charge on any atom is 0.349 e. The van der Waals surface area contributed by atoms with Gasteiger partial charge >= 0.3 is 11.6 Å². The van der Waals surface area contributed by atoms with E-state index in [-0.39, 0.29) is 34.0 Å². The Hall–Kier alpha value is -2.87. The first kappa shape index (κ1) is 20.9. The first-order valence-corrected chi connectivity index (χ1v) is 9.17. The fourth-order valence-corrected chi connectivity index (χ4v) is 2.76. The van der Waals surface area contributed by atoms with Crippen LogP contribution >= 0.6 is 23.2 Å². The van der Waals surface area contributed by atoms with Gasteiger partial charge in [0, 0.05) is 25.1 Å². The van der Waals surface area contributed by atoms with Crippen molar-refractivity contribution in [2.75, 3.05) is 20.3 Å². The van der Waals surface area contributed by atoms with Crippen LogP contribution in [0.15, 0.2) is 51.7 Å². The molecule has 0 atom stereocenters. The number of hydrogen-bond donors (Lipinski definition) is 1. The molecule has 0 saturated heterocycles. The van der Waals surface area contributed by atoms with Gasteiger partial charge in [-0.15, -0.1) is 0 Å². The van der Waals surface area contributed by atoms with Gasteiger partial charge in [0.2, 0.25) is 0 Å². The average molecular weight is 436 g/mol. The van der Waals surface area contributed by atoms with Gasteiger partial charge in [0.15, 0.2) is 0 Å². The fraction of sp³-hybridized carbons (Fsp3) is 0.150. The van der Waals surface area contributed by atoms with Crippen molar-refractivity contribution in [2.24, 2.45) is 0 Å². The van der Waals surface area contributed by atoms with Crippen molar-refractivity contribution in [1.29, 1.82) is 0 Å². The molecule has 0 aliphatic rings. The van der Waals surface area contributed by atoms with Gasteiger partial charge in [0.25, 0.3) is 5.91 Å². The van der Waals surface area contributed by atoms with Crippen molar-refractivity contribution in [3.63, 3.8) is 0 Å². The lowest BCUT2D eigenvalue weighted by Gasteiger charge is -2.07. The lowest BCUT2D eigenvalue weighted by Crippen LogP contribution is -2.30. The van der Waals surface area contributed by atoms with Crippen LogP contribution in [-0.2, 0) is 4.74 Å². The largest absolute Gasteiger partial charge is 0.423 e. The van der Waals surface area contributed by atoms with Crippen molar-refractivity contribution < 1.29 is 23.5 Å². The average Bonchev–Trinajstić information content (AvgIpc) is 2.69. The molecule has 1 aromatic heterocycles. The molecule has 1 amide bonds. The summed E-state index contributed by atoms with van der Waals surface area (Å²) >= 11 is 11.7. The molecule has 3 aromatic rings. The van der Waals surface area contributed by atoms with Gasteiger partial charge in [-0.1, -0.05) is 23.2 Å². The monoisotopic (exact) mass is 435 g/mol. The summed E-state index contributed by atoms with van der Waals surface area (Å²) in [6, 6.07) is 10.2. The number of ether oxygens (including phenoxy) is 2. The number of methoxy groups -OCH3 is 1. The summed E-state index contributed by atoms with van der Waals surface area (Å²) in [5, 5.41) is 3.59. The number of esters is 1. The molecule has 3 rings (SSSR count). The van der Waals surface area contributed by atoms with E-state index in [1.54, 1.807) is 6.07 Å². The smallest absolute Gasteiger partial charge is 0.349 e. The lowest BCUT2D eigenvalue weighted by atomic mass is 10.1. The Balaban J connectivity index is 1.82. The first-order chi connectivity index (χ1) is 13.9. The number of halogens is 2. The second-order valence-corrected chi connectivity index (χ2v) is 6.73.